The fourth-order valence-electron chi connectivity index (χ4n) is 3.36. The maximum atomic E-state index is 6.91. The van der Waals surface area contributed by atoms with Gasteiger partial charge in [0, 0.05) is 11.1 Å². The van der Waals surface area contributed by atoms with Crippen molar-refractivity contribution >= 4 is 11.6 Å². The van der Waals surface area contributed by atoms with E-state index in [-0.39, 0.29) is 0 Å². The highest BCUT2D eigenvalue weighted by Gasteiger charge is 2.20. The van der Waals surface area contributed by atoms with E-state index in [2.05, 4.69) is 81.4 Å². The molecule has 0 aliphatic rings. The molecule has 0 aliphatic carbocycles. The van der Waals surface area contributed by atoms with Crippen molar-refractivity contribution in [1.29, 1.82) is 0 Å². The molecule has 134 valence electrons. The topological polar surface area (TPSA) is 17.8 Å². The van der Waals surface area contributed by atoms with Crippen LogP contribution in [0.25, 0.3) is 28.2 Å². The first-order valence-electron chi connectivity index (χ1n) is 9.02. The van der Waals surface area contributed by atoms with Crippen LogP contribution in [0.2, 0.25) is 5.02 Å². The van der Waals surface area contributed by atoms with Crippen molar-refractivity contribution < 1.29 is 0 Å². The Balaban J connectivity index is 2.00. The van der Waals surface area contributed by atoms with Crippen LogP contribution in [-0.4, -0.2) is 9.78 Å². The molecule has 1 aromatic heterocycles. The van der Waals surface area contributed by atoms with Crippen molar-refractivity contribution in [3.63, 3.8) is 0 Å². The van der Waals surface area contributed by atoms with Crippen molar-refractivity contribution in [2.45, 2.75) is 20.8 Å². The first kappa shape index (κ1) is 17.6. The number of aromatic nitrogens is 2. The van der Waals surface area contributed by atoms with Gasteiger partial charge in [0.05, 0.1) is 16.4 Å². The zero-order valence-electron chi connectivity index (χ0n) is 15.7. The summed E-state index contributed by atoms with van der Waals surface area (Å²) in [6.07, 6.45) is 0. The van der Waals surface area contributed by atoms with Crippen molar-refractivity contribution in [2.24, 2.45) is 0 Å². The normalized spacial score (nSPS) is 11.0. The van der Waals surface area contributed by atoms with Crippen LogP contribution in [0.3, 0.4) is 0 Å². The van der Waals surface area contributed by atoms with Gasteiger partial charge in [0.2, 0.25) is 0 Å². The average molecular weight is 373 g/mol. The smallest absolute Gasteiger partial charge is 0.112 e. The Morgan fingerprint density at radius 3 is 1.89 bits per heavy atom. The average Bonchev–Trinajstić information content (AvgIpc) is 2.99. The number of rotatable bonds is 3. The molecule has 1 heterocycles. The first-order valence-corrected chi connectivity index (χ1v) is 9.40. The highest BCUT2D eigenvalue weighted by molar-refractivity contribution is 6.35. The van der Waals surface area contributed by atoms with Gasteiger partial charge in [-0.25, -0.2) is 4.68 Å². The summed E-state index contributed by atoms with van der Waals surface area (Å²) in [5, 5.41) is 5.60. The molecule has 0 fully saturated rings. The predicted octanol–water partition coefficient (Wildman–Crippen LogP) is 6.78. The molecule has 0 atom stereocenters. The predicted molar refractivity (Wildman–Crippen MR) is 114 cm³/mol. The molecule has 0 saturated heterocycles. The minimum atomic E-state index is 0.674. The summed E-state index contributed by atoms with van der Waals surface area (Å²) >= 11 is 6.91. The Labute approximate surface area is 165 Å². The summed E-state index contributed by atoms with van der Waals surface area (Å²) in [5.74, 6) is 0. The summed E-state index contributed by atoms with van der Waals surface area (Å²) in [4.78, 5) is 0. The van der Waals surface area contributed by atoms with Crippen molar-refractivity contribution in [3.8, 4) is 28.2 Å². The molecular weight excluding hydrogens is 352 g/mol. The van der Waals surface area contributed by atoms with Crippen molar-refractivity contribution in [2.75, 3.05) is 0 Å². The van der Waals surface area contributed by atoms with E-state index in [0.717, 1.165) is 28.2 Å². The maximum absolute atomic E-state index is 6.91. The zero-order valence-corrected chi connectivity index (χ0v) is 16.5. The molecule has 0 unspecified atom stereocenters. The Morgan fingerprint density at radius 2 is 1.26 bits per heavy atom. The van der Waals surface area contributed by atoms with Gasteiger partial charge in [0.1, 0.15) is 5.69 Å². The molecule has 0 bridgehead atoms. The minimum absolute atomic E-state index is 0.674. The SMILES string of the molecule is Cc1cccc(-c2nn(-c3cccc(C)c3)c(-c3cccc(C)c3)c2Cl)c1. The monoisotopic (exact) mass is 372 g/mol. The van der Waals surface area contributed by atoms with Crippen LogP contribution < -0.4 is 0 Å². The van der Waals surface area contributed by atoms with Gasteiger partial charge in [-0.2, -0.15) is 5.10 Å². The van der Waals surface area contributed by atoms with Gasteiger partial charge in [-0.15, -0.1) is 0 Å². The van der Waals surface area contributed by atoms with Gasteiger partial charge in [0.25, 0.3) is 0 Å². The molecule has 0 spiro atoms. The van der Waals surface area contributed by atoms with Gasteiger partial charge in [-0.1, -0.05) is 71.3 Å². The highest BCUT2D eigenvalue weighted by Crippen LogP contribution is 2.38. The van der Waals surface area contributed by atoms with Crippen molar-refractivity contribution in [1.82, 2.24) is 9.78 Å². The quantitative estimate of drug-likeness (QED) is 0.387. The number of nitrogens with zero attached hydrogens (tertiary/aromatic N) is 2. The Kier molecular flexibility index (Phi) is 4.59. The molecule has 3 heteroatoms. The van der Waals surface area contributed by atoms with Crippen LogP contribution in [0.4, 0.5) is 0 Å². The van der Waals surface area contributed by atoms with E-state index in [0.29, 0.717) is 5.02 Å². The number of hydrogen-bond acceptors (Lipinski definition) is 1. The third-order valence-corrected chi connectivity index (χ3v) is 5.01. The van der Waals surface area contributed by atoms with E-state index in [9.17, 15) is 0 Å². The summed E-state index contributed by atoms with van der Waals surface area (Å²) in [5.41, 5.74) is 8.39. The lowest BCUT2D eigenvalue weighted by atomic mass is 10.1. The second kappa shape index (κ2) is 7.05. The fraction of sp³-hybridized carbons (Fsp3) is 0.125. The van der Waals surface area contributed by atoms with E-state index in [4.69, 9.17) is 16.7 Å². The summed E-state index contributed by atoms with van der Waals surface area (Å²) < 4.78 is 1.96. The third-order valence-electron chi connectivity index (χ3n) is 4.66. The lowest BCUT2D eigenvalue weighted by molar-refractivity contribution is 0.890. The highest BCUT2D eigenvalue weighted by atomic mass is 35.5. The number of hydrogen-bond donors (Lipinski definition) is 0. The number of benzene rings is 3. The molecule has 27 heavy (non-hydrogen) atoms. The molecule has 0 amide bonds. The van der Waals surface area contributed by atoms with Crippen LogP contribution >= 0.6 is 11.6 Å². The molecule has 2 nitrogen and oxygen atoms in total. The summed E-state index contributed by atoms with van der Waals surface area (Å²) in [6, 6.07) is 25.0. The molecule has 4 rings (SSSR count). The maximum Gasteiger partial charge on any atom is 0.112 e. The van der Waals surface area contributed by atoms with Crippen LogP contribution in [0.15, 0.2) is 72.8 Å². The van der Waals surface area contributed by atoms with E-state index < -0.39 is 0 Å². The van der Waals surface area contributed by atoms with Gasteiger partial charge >= 0.3 is 0 Å². The fourth-order valence-corrected chi connectivity index (χ4v) is 3.70. The Hall–Kier alpha value is -2.84. The molecule has 4 aromatic rings. The van der Waals surface area contributed by atoms with Crippen LogP contribution in [-0.2, 0) is 0 Å². The van der Waals surface area contributed by atoms with E-state index >= 15 is 0 Å². The Morgan fingerprint density at radius 1 is 0.704 bits per heavy atom. The third kappa shape index (κ3) is 3.41. The zero-order chi connectivity index (χ0) is 19.0. The Bertz CT molecular complexity index is 1120. The lowest BCUT2D eigenvalue weighted by Crippen LogP contribution is -2.00. The molecule has 0 saturated carbocycles. The van der Waals surface area contributed by atoms with Crippen LogP contribution in [0.5, 0.6) is 0 Å². The first-order chi connectivity index (χ1) is 13.0. The molecule has 0 radical (unpaired) electrons. The largest absolute Gasteiger partial charge is 0.231 e. The summed E-state index contributed by atoms with van der Waals surface area (Å²) in [6.45, 7) is 6.26. The van der Waals surface area contributed by atoms with Gasteiger partial charge in [-0.3, -0.25) is 0 Å². The van der Waals surface area contributed by atoms with E-state index in [1.165, 1.54) is 16.7 Å². The number of aryl methyl sites for hydroxylation is 3. The van der Waals surface area contributed by atoms with Crippen LogP contribution in [0.1, 0.15) is 16.7 Å². The molecular formula is C24H21ClN2. The van der Waals surface area contributed by atoms with Gasteiger partial charge in [0.15, 0.2) is 0 Å². The van der Waals surface area contributed by atoms with Crippen molar-refractivity contribution in [3.05, 3.63) is 94.5 Å². The van der Waals surface area contributed by atoms with E-state index in [1.54, 1.807) is 0 Å². The van der Waals surface area contributed by atoms with Crippen LogP contribution in [0, 0.1) is 20.8 Å². The van der Waals surface area contributed by atoms with Gasteiger partial charge in [-0.05, 0) is 50.6 Å². The lowest BCUT2D eigenvalue weighted by Gasteiger charge is -2.09. The van der Waals surface area contributed by atoms with Gasteiger partial charge < -0.3 is 0 Å². The molecule has 3 aromatic carbocycles. The minimum Gasteiger partial charge on any atom is -0.231 e. The standard InChI is InChI=1S/C24H21ClN2/c1-16-7-4-10-19(13-16)23-22(25)24(20-11-5-8-17(2)14-20)27(26-23)21-12-6-9-18(3)15-21/h4-15H,1-3H3. The second-order valence-corrected chi connectivity index (χ2v) is 7.38. The molecule has 0 aliphatic heterocycles. The number of halogens is 1. The van der Waals surface area contributed by atoms with E-state index in [1.807, 2.05) is 16.8 Å². The second-order valence-electron chi connectivity index (χ2n) is 7.00. The molecule has 0 N–H and O–H groups in total. The summed E-state index contributed by atoms with van der Waals surface area (Å²) in [7, 11) is 0.